The van der Waals surface area contributed by atoms with Gasteiger partial charge in [0.1, 0.15) is 11.5 Å². The van der Waals surface area contributed by atoms with Crippen LogP contribution in [-0.2, 0) is 16.0 Å². The van der Waals surface area contributed by atoms with Crippen LogP contribution in [0.1, 0.15) is 29.7 Å². The number of rotatable bonds is 5. The number of ketones is 1. The molecule has 6 nitrogen and oxygen atoms in total. The Balaban J connectivity index is 1.69. The number of amides is 1. The van der Waals surface area contributed by atoms with Crippen molar-refractivity contribution in [1.29, 1.82) is 0 Å². The minimum atomic E-state index is -0.797. The van der Waals surface area contributed by atoms with Crippen molar-refractivity contribution in [1.82, 2.24) is 4.98 Å². The van der Waals surface area contributed by atoms with Crippen molar-refractivity contribution < 1.29 is 19.4 Å². The summed E-state index contributed by atoms with van der Waals surface area (Å²) in [5, 5.41) is 11.6. The van der Waals surface area contributed by atoms with E-state index in [-0.39, 0.29) is 11.3 Å². The zero-order valence-electron chi connectivity index (χ0n) is 18.7. The summed E-state index contributed by atoms with van der Waals surface area (Å²) in [5.41, 5.74) is 3.11. The minimum absolute atomic E-state index is 0.0369. The molecule has 0 spiro atoms. The molecule has 1 N–H and O–H groups in total. The summed E-state index contributed by atoms with van der Waals surface area (Å²) in [4.78, 5) is 32.7. The first-order chi connectivity index (χ1) is 16.5. The number of methoxy groups -OCH3 is 1. The molecule has 2 heterocycles. The number of carbonyl (C=O) groups is 2. The lowest BCUT2D eigenvalue weighted by atomic mass is 9.95. The first-order valence-electron chi connectivity index (χ1n) is 10.9. The van der Waals surface area contributed by atoms with E-state index in [1.54, 1.807) is 31.4 Å². The second-order valence-corrected chi connectivity index (χ2v) is 8.97. The molecule has 0 aliphatic carbocycles. The third-order valence-electron chi connectivity index (χ3n) is 5.98. The number of thiazole rings is 1. The maximum atomic E-state index is 13.3. The van der Waals surface area contributed by atoms with Gasteiger partial charge in [-0.25, -0.2) is 4.98 Å². The quantitative estimate of drug-likeness (QED) is 0.237. The number of carbonyl (C=O) groups excluding carboxylic acids is 2. The molecule has 7 heteroatoms. The normalized spacial score (nSPS) is 17.5. The molecular formula is C27H22N2O4S. The van der Waals surface area contributed by atoms with Crippen molar-refractivity contribution in [3.63, 3.8) is 0 Å². The highest BCUT2D eigenvalue weighted by atomic mass is 32.1. The number of hydrogen-bond donors (Lipinski definition) is 1. The van der Waals surface area contributed by atoms with Crippen LogP contribution in [0.15, 0.2) is 78.4 Å². The van der Waals surface area contributed by atoms with Gasteiger partial charge in [-0.1, -0.05) is 54.7 Å². The summed E-state index contributed by atoms with van der Waals surface area (Å²) in [6, 6.07) is 21.1. The Hall–Kier alpha value is -3.97. The predicted octanol–water partition coefficient (Wildman–Crippen LogP) is 5.49. The lowest BCUT2D eigenvalue weighted by molar-refractivity contribution is -0.132. The van der Waals surface area contributed by atoms with E-state index in [0.29, 0.717) is 22.0 Å². The van der Waals surface area contributed by atoms with Crippen LogP contribution in [0.5, 0.6) is 5.75 Å². The van der Waals surface area contributed by atoms with Gasteiger partial charge in [0.2, 0.25) is 0 Å². The van der Waals surface area contributed by atoms with E-state index in [4.69, 9.17) is 4.74 Å². The Morgan fingerprint density at radius 2 is 1.79 bits per heavy atom. The lowest BCUT2D eigenvalue weighted by Gasteiger charge is -2.22. The van der Waals surface area contributed by atoms with Crippen molar-refractivity contribution in [2.24, 2.45) is 0 Å². The molecule has 1 aliphatic rings. The van der Waals surface area contributed by atoms with E-state index in [9.17, 15) is 14.7 Å². The SMILES string of the molecule is CCc1ccc2nc(N3C(=O)C(=O)C(=C(O)c4ccc(OC)cc4)[C@H]3c3ccccc3)sc2c1. The zero-order chi connectivity index (χ0) is 23.8. The van der Waals surface area contributed by atoms with Crippen LogP contribution in [0.4, 0.5) is 5.13 Å². The van der Waals surface area contributed by atoms with Crippen molar-refractivity contribution in [3.8, 4) is 5.75 Å². The zero-order valence-corrected chi connectivity index (χ0v) is 19.5. The van der Waals surface area contributed by atoms with E-state index >= 15 is 0 Å². The molecule has 34 heavy (non-hydrogen) atoms. The van der Waals surface area contributed by atoms with Crippen LogP contribution in [0.3, 0.4) is 0 Å². The number of ether oxygens (including phenoxy) is 1. The average Bonchev–Trinajstić information content (AvgIpc) is 3.41. The number of hydrogen-bond acceptors (Lipinski definition) is 6. The van der Waals surface area contributed by atoms with Gasteiger partial charge in [0.15, 0.2) is 5.13 Å². The number of aliphatic hydroxyl groups is 1. The first-order valence-corrected chi connectivity index (χ1v) is 11.7. The molecule has 0 saturated carbocycles. The van der Waals surface area contributed by atoms with Gasteiger partial charge in [-0.15, -0.1) is 0 Å². The molecule has 0 unspecified atom stereocenters. The van der Waals surface area contributed by atoms with E-state index in [0.717, 1.165) is 16.6 Å². The Labute approximate surface area is 200 Å². The summed E-state index contributed by atoms with van der Waals surface area (Å²) < 4.78 is 6.13. The fourth-order valence-electron chi connectivity index (χ4n) is 4.16. The second kappa shape index (κ2) is 8.76. The number of aryl methyl sites for hydroxylation is 1. The third kappa shape index (κ3) is 3.64. The molecule has 1 atom stereocenters. The van der Waals surface area contributed by atoms with Crippen LogP contribution < -0.4 is 9.64 Å². The van der Waals surface area contributed by atoms with E-state index in [2.05, 4.69) is 18.0 Å². The maximum Gasteiger partial charge on any atom is 0.301 e. The first kappa shape index (κ1) is 21.9. The van der Waals surface area contributed by atoms with Crippen LogP contribution in [-0.4, -0.2) is 28.9 Å². The largest absolute Gasteiger partial charge is 0.507 e. The molecule has 0 radical (unpaired) electrons. The number of nitrogens with zero attached hydrogens (tertiary/aromatic N) is 2. The highest BCUT2D eigenvalue weighted by molar-refractivity contribution is 7.22. The third-order valence-corrected chi connectivity index (χ3v) is 7.00. The predicted molar refractivity (Wildman–Crippen MR) is 133 cm³/mol. The van der Waals surface area contributed by atoms with Gasteiger partial charge in [-0.3, -0.25) is 14.5 Å². The van der Waals surface area contributed by atoms with E-state index < -0.39 is 17.7 Å². The van der Waals surface area contributed by atoms with Gasteiger partial charge in [-0.05, 0) is 53.9 Å². The molecule has 0 bridgehead atoms. The summed E-state index contributed by atoms with van der Waals surface area (Å²) in [7, 11) is 1.55. The van der Waals surface area contributed by atoms with Crippen LogP contribution in [0.2, 0.25) is 0 Å². The molecule has 1 aromatic heterocycles. The summed E-state index contributed by atoms with van der Waals surface area (Å²) in [6.45, 7) is 2.08. The molecule has 5 rings (SSSR count). The molecule has 1 fully saturated rings. The fraction of sp³-hybridized carbons (Fsp3) is 0.148. The topological polar surface area (TPSA) is 79.7 Å². The van der Waals surface area contributed by atoms with Gasteiger partial charge in [-0.2, -0.15) is 0 Å². The summed E-state index contributed by atoms with van der Waals surface area (Å²) in [6.07, 6.45) is 0.888. The van der Waals surface area contributed by atoms with Gasteiger partial charge >= 0.3 is 5.91 Å². The van der Waals surface area contributed by atoms with Crippen LogP contribution in [0.25, 0.3) is 16.0 Å². The van der Waals surface area contributed by atoms with Gasteiger partial charge in [0, 0.05) is 5.56 Å². The monoisotopic (exact) mass is 470 g/mol. The van der Waals surface area contributed by atoms with E-state index in [1.165, 1.54) is 21.8 Å². The number of anilines is 1. The number of fused-ring (bicyclic) bond motifs is 1. The fourth-order valence-corrected chi connectivity index (χ4v) is 5.22. The van der Waals surface area contributed by atoms with Gasteiger partial charge < -0.3 is 9.84 Å². The Kier molecular flexibility index (Phi) is 5.63. The average molecular weight is 471 g/mol. The van der Waals surface area contributed by atoms with Crippen molar-refractivity contribution in [3.05, 3.63) is 95.1 Å². The van der Waals surface area contributed by atoms with Gasteiger partial charge in [0.25, 0.3) is 5.78 Å². The number of Topliss-reactive ketones (excluding diaryl/α,β-unsaturated/α-hetero) is 1. The Morgan fingerprint density at radius 3 is 2.47 bits per heavy atom. The standard InChI is InChI=1S/C27H22N2O4S/c1-3-16-9-14-20-21(15-16)34-27(28-20)29-23(17-7-5-4-6-8-17)22(25(31)26(29)32)24(30)18-10-12-19(33-2)13-11-18/h4-15,23,30H,3H2,1-2H3/t23-/m1/s1. The Bertz CT molecular complexity index is 1420. The molecule has 1 aliphatic heterocycles. The summed E-state index contributed by atoms with van der Waals surface area (Å²) >= 11 is 1.36. The lowest BCUT2D eigenvalue weighted by Crippen LogP contribution is -2.29. The van der Waals surface area contributed by atoms with Gasteiger partial charge in [0.05, 0.1) is 28.9 Å². The number of aliphatic hydroxyl groups excluding tert-OH is 1. The van der Waals surface area contributed by atoms with Crippen LogP contribution >= 0.6 is 11.3 Å². The second-order valence-electron chi connectivity index (χ2n) is 7.96. The molecule has 1 amide bonds. The molecular weight excluding hydrogens is 448 g/mol. The molecule has 3 aromatic carbocycles. The number of benzene rings is 3. The van der Waals surface area contributed by atoms with Crippen LogP contribution in [0, 0.1) is 0 Å². The van der Waals surface area contributed by atoms with Crippen molar-refractivity contribution in [2.75, 3.05) is 12.0 Å². The molecule has 4 aromatic rings. The maximum absolute atomic E-state index is 13.3. The summed E-state index contributed by atoms with van der Waals surface area (Å²) in [5.74, 6) is -1.06. The number of aromatic nitrogens is 1. The highest BCUT2D eigenvalue weighted by Crippen LogP contribution is 2.44. The van der Waals surface area contributed by atoms with Crippen molar-refractivity contribution >= 4 is 44.1 Å². The molecule has 1 saturated heterocycles. The smallest absolute Gasteiger partial charge is 0.301 e. The highest BCUT2D eigenvalue weighted by Gasteiger charge is 2.48. The van der Waals surface area contributed by atoms with E-state index in [1.807, 2.05) is 42.5 Å². The minimum Gasteiger partial charge on any atom is -0.507 e. The Morgan fingerprint density at radius 1 is 1.06 bits per heavy atom. The van der Waals surface area contributed by atoms with Crippen molar-refractivity contribution in [2.45, 2.75) is 19.4 Å². The molecule has 170 valence electrons.